The first-order valence-corrected chi connectivity index (χ1v) is 12.6. The molecule has 8 heteroatoms. The number of hydrogen-bond acceptors (Lipinski definition) is 4. The summed E-state index contributed by atoms with van der Waals surface area (Å²) in [5, 5.41) is 5.03. The first kappa shape index (κ1) is 23.2. The molecule has 3 aromatic carbocycles. The Labute approximate surface area is 193 Å². The highest BCUT2D eigenvalue weighted by Crippen LogP contribution is 2.25. The Morgan fingerprint density at radius 3 is 2.45 bits per heavy atom. The smallest absolute Gasteiger partial charge is 0.223 e. The van der Waals surface area contributed by atoms with Gasteiger partial charge in [0.05, 0.1) is 12.3 Å². The van der Waals surface area contributed by atoms with E-state index in [1.165, 1.54) is 28.6 Å². The Balaban J connectivity index is 1.22. The van der Waals surface area contributed by atoms with Crippen molar-refractivity contribution >= 4 is 26.7 Å². The molecule has 0 saturated carbocycles. The first-order valence-electron chi connectivity index (χ1n) is 11.0. The third kappa shape index (κ3) is 5.89. The van der Waals surface area contributed by atoms with Gasteiger partial charge in [0.15, 0.2) is 0 Å². The molecule has 0 aromatic heterocycles. The maximum Gasteiger partial charge on any atom is 0.223 e. The monoisotopic (exact) mass is 470 g/mol. The second kappa shape index (κ2) is 10.3. The van der Waals surface area contributed by atoms with Gasteiger partial charge in [0.25, 0.3) is 0 Å². The number of ether oxygens (including phenoxy) is 1. The number of nitrogens with one attached hydrogen (secondary N) is 1. The molecule has 6 nitrogen and oxygen atoms in total. The number of amides is 1. The lowest BCUT2D eigenvalue weighted by atomic mass is 9.97. The van der Waals surface area contributed by atoms with E-state index in [1.807, 2.05) is 42.5 Å². The van der Waals surface area contributed by atoms with Gasteiger partial charge in [-0.2, -0.15) is 0 Å². The normalized spacial score (nSPS) is 15.4. The molecule has 1 fully saturated rings. The summed E-state index contributed by atoms with van der Waals surface area (Å²) in [4.78, 5) is 12.5. The van der Waals surface area contributed by atoms with Crippen molar-refractivity contribution in [1.82, 2.24) is 9.62 Å². The molecule has 1 amide bonds. The molecule has 4 rings (SSSR count). The number of rotatable bonds is 8. The number of benzene rings is 3. The molecule has 0 radical (unpaired) electrons. The Bertz CT molecular complexity index is 1200. The number of sulfonamides is 1. The van der Waals surface area contributed by atoms with Crippen molar-refractivity contribution in [3.05, 3.63) is 78.1 Å². The van der Waals surface area contributed by atoms with Crippen LogP contribution < -0.4 is 10.1 Å². The predicted octanol–water partition coefficient (Wildman–Crippen LogP) is 3.72. The number of nitrogens with zero attached hydrogens (tertiary/aromatic N) is 1. The van der Waals surface area contributed by atoms with Crippen LogP contribution in [0.25, 0.3) is 10.8 Å². The SMILES string of the molecule is O=C(NCCOc1cccc2ccccc12)C1CCN(S(=O)(=O)Cc2ccc(F)cc2)CC1. The molecule has 0 bridgehead atoms. The zero-order valence-corrected chi connectivity index (χ0v) is 19.1. The fourth-order valence-electron chi connectivity index (χ4n) is 4.08. The van der Waals surface area contributed by atoms with Gasteiger partial charge in [-0.1, -0.05) is 48.5 Å². The van der Waals surface area contributed by atoms with Crippen LogP contribution in [0.1, 0.15) is 18.4 Å². The number of hydrogen-bond donors (Lipinski definition) is 1. The average molecular weight is 471 g/mol. The van der Waals surface area contributed by atoms with Gasteiger partial charge in [0, 0.05) is 24.4 Å². The van der Waals surface area contributed by atoms with Crippen LogP contribution in [0.3, 0.4) is 0 Å². The van der Waals surface area contributed by atoms with Crippen molar-refractivity contribution in [2.75, 3.05) is 26.2 Å². The summed E-state index contributed by atoms with van der Waals surface area (Å²) >= 11 is 0. The fourth-order valence-corrected chi connectivity index (χ4v) is 5.64. The Kier molecular flexibility index (Phi) is 7.25. The quantitative estimate of drug-likeness (QED) is 0.509. The number of halogens is 1. The van der Waals surface area contributed by atoms with E-state index in [-0.39, 0.29) is 17.6 Å². The summed E-state index contributed by atoms with van der Waals surface area (Å²) in [5.41, 5.74) is 0.544. The van der Waals surface area contributed by atoms with Crippen LogP contribution in [0, 0.1) is 11.7 Å². The van der Waals surface area contributed by atoms with Gasteiger partial charge in [-0.3, -0.25) is 4.79 Å². The second-order valence-electron chi connectivity index (χ2n) is 8.17. The first-order chi connectivity index (χ1) is 15.9. The zero-order valence-electron chi connectivity index (χ0n) is 18.2. The van der Waals surface area contributed by atoms with Crippen molar-refractivity contribution in [2.24, 2.45) is 5.92 Å². The largest absolute Gasteiger partial charge is 0.491 e. The van der Waals surface area contributed by atoms with Gasteiger partial charge < -0.3 is 10.1 Å². The van der Waals surface area contributed by atoms with Gasteiger partial charge >= 0.3 is 0 Å². The Morgan fingerprint density at radius 1 is 1.00 bits per heavy atom. The van der Waals surface area contributed by atoms with E-state index in [0.29, 0.717) is 44.6 Å². The van der Waals surface area contributed by atoms with Gasteiger partial charge in [0.2, 0.25) is 15.9 Å². The lowest BCUT2D eigenvalue weighted by Gasteiger charge is -2.30. The standard InChI is InChI=1S/C25H27FN2O4S/c26-22-10-8-19(9-11-22)18-33(30,31)28-15-12-21(13-16-28)25(29)27-14-17-32-24-7-3-5-20-4-1-2-6-23(20)24/h1-11,21H,12-18H2,(H,27,29). The summed E-state index contributed by atoms with van der Waals surface area (Å²) in [6, 6.07) is 19.3. The molecule has 33 heavy (non-hydrogen) atoms. The van der Waals surface area contributed by atoms with Crippen LogP contribution in [0.4, 0.5) is 4.39 Å². The average Bonchev–Trinajstić information content (AvgIpc) is 2.83. The number of fused-ring (bicyclic) bond motifs is 1. The molecule has 1 saturated heterocycles. The lowest BCUT2D eigenvalue weighted by Crippen LogP contribution is -2.43. The van der Waals surface area contributed by atoms with Crippen molar-refractivity contribution in [1.29, 1.82) is 0 Å². The number of carbonyl (C=O) groups is 1. The van der Waals surface area contributed by atoms with Crippen LogP contribution in [0.2, 0.25) is 0 Å². The van der Waals surface area contributed by atoms with Crippen molar-refractivity contribution in [3.63, 3.8) is 0 Å². The molecule has 3 aromatic rings. The minimum Gasteiger partial charge on any atom is -0.491 e. The second-order valence-corrected chi connectivity index (χ2v) is 10.1. The third-order valence-corrected chi connectivity index (χ3v) is 7.74. The lowest BCUT2D eigenvalue weighted by molar-refractivity contribution is -0.126. The molecule has 0 atom stereocenters. The summed E-state index contributed by atoms with van der Waals surface area (Å²) in [6.45, 7) is 1.33. The summed E-state index contributed by atoms with van der Waals surface area (Å²) in [5.74, 6) is -0.0882. The van der Waals surface area contributed by atoms with Crippen LogP contribution in [-0.4, -0.2) is 44.9 Å². The molecule has 1 aliphatic heterocycles. The molecular formula is C25H27FN2O4S. The fraction of sp³-hybridized carbons (Fsp3) is 0.320. The maximum atomic E-state index is 13.0. The molecule has 0 spiro atoms. The zero-order chi connectivity index (χ0) is 23.3. The van der Waals surface area contributed by atoms with E-state index in [9.17, 15) is 17.6 Å². The van der Waals surface area contributed by atoms with Crippen LogP contribution in [0.5, 0.6) is 5.75 Å². The van der Waals surface area contributed by atoms with Crippen molar-refractivity contribution in [2.45, 2.75) is 18.6 Å². The van der Waals surface area contributed by atoms with Crippen LogP contribution >= 0.6 is 0 Å². The van der Waals surface area contributed by atoms with E-state index in [4.69, 9.17) is 4.74 Å². The highest BCUT2D eigenvalue weighted by molar-refractivity contribution is 7.88. The van der Waals surface area contributed by atoms with E-state index in [1.54, 1.807) is 0 Å². The summed E-state index contributed by atoms with van der Waals surface area (Å²) in [7, 11) is -3.51. The minimum atomic E-state index is -3.51. The molecule has 0 aliphatic carbocycles. The van der Waals surface area contributed by atoms with E-state index in [2.05, 4.69) is 5.32 Å². The predicted molar refractivity (Wildman–Crippen MR) is 126 cm³/mol. The molecule has 1 aliphatic rings. The van der Waals surface area contributed by atoms with Crippen molar-refractivity contribution in [3.8, 4) is 5.75 Å². The molecule has 1 heterocycles. The van der Waals surface area contributed by atoms with Crippen molar-refractivity contribution < 1.29 is 22.3 Å². The minimum absolute atomic E-state index is 0.0768. The van der Waals surface area contributed by atoms with E-state index >= 15 is 0 Å². The third-order valence-electron chi connectivity index (χ3n) is 5.89. The topological polar surface area (TPSA) is 75.7 Å². The Morgan fingerprint density at radius 2 is 1.70 bits per heavy atom. The van der Waals surface area contributed by atoms with Gasteiger partial charge in [-0.15, -0.1) is 0 Å². The van der Waals surface area contributed by atoms with E-state index < -0.39 is 15.8 Å². The maximum absolute atomic E-state index is 13.0. The molecule has 1 N–H and O–H groups in total. The van der Waals surface area contributed by atoms with Gasteiger partial charge in [-0.05, 0) is 42.0 Å². The van der Waals surface area contributed by atoms with E-state index in [0.717, 1.165) is 16.5 Å². The Hall–Kier alpha value is -2.97. The summed E-state index contributed by atoms with van der Waals surface area (Å²) in [6.07, 6.45) is 0.942. The van der Waals surface area contributed by atoms with Gasteiger partial charge in [0.1, 0.15) is 18.2 Å². The molecular weight excluding hydrogens is 443 g/mol. The van der Waals surface area contributed by atoms with Crippen LogP contribution in [-0.2, 0) is 20.6 Å². The highest BCUT2D eigenvalue weighted by atomic mass is 32.2. The molecule has 174 valence electrons. The molecule has 0 unspecified atom stereocenters. The van der Waals surface area contributed by atoms with Gasteiger partial charge in [-0.25, -0.2) is 17.1 Å². The van der Waals surface area contributed by atoms with Crippen LogP contribution in [0.15, 0.2) is 66.7 Å². The summed E-state index contributed by atoms with van der Waals surface area (Å²) < 4.78 is 45.7. The highest BCUT2D eigenvalue weighted by Gasteiger charge is 2.31. The number of piperidine rings is 1. The number of carbonyl (C=O) groups excluding carboxylic acids is 1.